The zero-order valence-electron chi connectivity index (χ0n) is 36.0. The van der Waals surface area contributed by atoms with Crippen LogP contribution in [0.3, 0.4) is 0 Å². The number of carbonyl (C=O) groups is 1. The van der Waals surface area contributed by atoms with Crippen LogP contribution in [0.2, 0.25) is 5.02 Å². The highest BCUT2D eigenvalue weighted by Crippen LogP contribution is 2.41. The molecule has 0 bridgehead atoms. The molecule has 334 valence electrons. The van der Waals surface area contributed by atoms with Gasteiger partial charge in [0.2, 0.25) is 0 Å². The number of rotatable bonds is 13. The van der Waals surface area contributed by atoms with Crippen LogP contribution in [0.15, 0.2) is 67.0 Å². The van der Waals surface area contributed by atoms with E-state index in [-0.39, 0.29) is 11.9 Å². The molecule has 2 atom stereocenters. The molecule has 1 saturated carbocycles. The molecule has 1 aliphatic heterocycles. The molecule has 17 heteroatoms. The molecule has 0 radical (unpaired) electrons. The fourth-order valence-corrected chi connectivity index (χ4v) is 8.86. The van der Waals surface area contributed by atoms with Crippen LogP contribution in [-0.4, -0.2) is 110 Å². The molecule has 4 heterocycles. The monoisotopic (exact) mass is 886 g/mol. The van der Waals surface area contributed by atoms with Crippen molar-refractivity contribution in [1.82, 2.24) is 34.5 Å². The first-order valence-electron chi connectivity index (χ1n) is 20.9. The van der Waals surface area contributed by atoms with Gasteiger partial charge in [0, 0.05) is 68.0 Å². The minimum atomic E-state index is -2.88. The Morgan fingerprint density at radius 3 is 2.35 bits per heavy atom. The summed E-state index contributed by atoms with van der Waals surface area (Å²) < 4.78 is 47.5. The molecule has 3 aromatic heterocycles. The third kappa shape index (κ3) is 10.3. The summed E-state index contributed by atoms with van der Waals surface area (Å²) >= 11 is 7.16. The number of anilines is 2. The maximum atomic E-state index is 14.2. The number of benzene rings is 3. The van der Waals surface area contributed by atoms with Gasteiger partial charge in [0.15, 0.2) is 11.6 Å². The van der Waals surface area contributed by atoms with Crippen molar-refractivity contribution >= 4 is 51.0 Å². The van der Waals surface area contributed by atoms with Crippen molar-refractivity contribution in [2.45, 2.75) is 83.2 Å². The average molecular weight is 887 g/mol. The number of aliphatic hydroxyl groups excluding tert-OH is 1. The van der Waals surface area contributed by atoms with E-state index in [1.807, 2.05) is 60.3 Å². The van der Waals surface area contributed by atoms with E-state index in [0.717, 1.165) is 59.5 Å². The number of aliphatic carboxylic acids is 1. The van der Waals surface area contributed by atoms with Crippen molar-refractivity contribution in [3.63, 3.8) is 0 Å². The summed E-state index contributed by atoms with van der Waals surface area (Å²) in [6, 6.07) is 17.5. The normalized spacial score (nSPS) is 17.0. The van der Waals surface area contributed by atoms with Crippen molar-refractivity contribution in [3.8, 4) is 28.3 Å². The van der Waals surface area contributed by atoms with Gasteiger partial charge in [-0.1, -0.05) is 55.1 Å². The third-order valence-corrected chi connectivity index (χ3v) is 12.1. The highest BCUT2D eigenvalue weighted by Gasteiger charge is 2.29. The largest absolute Gasteiger partial charge is 0.496 e. The molecule has 1 saturated heterocycles. The lowest BCUT2D eigenvalue weighted by molar-refractivity contribution is -0.134. The van der Waals surface area contributed by atoms with Gasteiger partial charge in [0.1, 0.15) is 17.0 Å². The number of aromatic nitrogens is 5. The number of methoxy groups -OCH3 is 2. The van der Waals surface area contributed by atoms with Crippen LogP contribution in [0, 0.1) is 0 Å². The smallest absolute Gasteiger partial charge is 0.300 e. The molecule has 6 aromatic rings. The van der Waals surface area contributed by atoms with Gasteiger partial charge in [0.05, 0.1) is 66.1 Å². The lowest BCUT2D eigenvalue weighted by Gasteiger charge is -2.35. The topological polar surface area (TPSA) is 160 Å². The number of alkyl halides is 2. The Hall–Kier alpha value is -5.52. The number of nitrogens with one attached hydrogen (secondary N) is 1. The van der Waals surface area contributed by atoms with Gasteiger partial charge in [0.25, 0.3) is 12.4 Å². The van der Waals surface area contributed by atoms with Crippen LogP contribution in [0.25, 0.3) is 38.8 Å². The number of hydrogen-bond donors (Lipinski definition) is 3. The van der Waals surface area contributed by atoms with Gasteiger partial charge in [-0.05, 0) is 62.7 Å². The number of fused-ring (bicyclic) bond motifs is 2. The summed E-state index contributed by atoms with van der Waals surface area (Å²) in [5, 5.41) is 27.2. The molecule has 14 nitrogen and oxygen atoms in total. The van der Waals surface area contributed by atoms with Gasteiger partial charge in [-0.15, -0.1) is 0 Å². The minimum Gasteiger partial charge on any atom is -0.496 e. The molecular formula is C46H53ClF2N8O6. The summed E-state index contributed by atoms with van der Waals surface area (Å²) in [6.45, 7) is 3.12. The highest BCUT2D eigenvalue weighted by atomic mass is 35.5. The van der Waals surface area contributed by atoms with Crippen LogP contribution in [-0.2, 0) is 22.6 Å². The zero-order chi connectivity index (χ0) is 44.8. The third-order valence-electron chi connectivity index (χ3n) is 11.7. The molecule has 2 aliphatic rings. The summed E-state index contributed by atoms with van der Waals surface area (Å²) in [6.07, 6.45) is 6.82. The van der Waals surface area contributed by atoms with Gasteiger partial charge in [-0.3, -0.25) is 19.6 Å². The highest BCUT2D eigenvalue weighted by molar-refractivity contribution is 6.36. The Balaban J connectivity index is 0.00000143. The van der Waals surface area contributed by atoms with Crippen molar-refractivity contribution in [2.75, 3.05) is 46.8 Å². The Labute approximate surface area is 369 Å². The quantitative estimate of drug-likeness (QED) is 0.101. The van der Waals surface area contributed by atoms with E-state index in [9.17, 15) is 13.9 Å². The fourth-order valence-electron chi connectivity index (χ4n) is 8.59. The Morgan fingerprint density at radius 2 is 1.67 bits per heavy atom. The van der Waals surface area contributed by atoms with Crippen molar-refractivity contribution in [1.29, 1.82) is 0 Å². The predicted molar refractivity (Wildman–Crippen MR) is 239 cm³/mol. The summed E-state index contributed by atoms with van der Waals surface area (Å²) in [5.74, 6) is -0.0299. The van der Waals surface area contributed by atoms with Crippen molar-refractivity contribution in [3.05, 3.63) is 89.0 Å². The number of carboxylic acids is 1. The number of ether oxygens (including phenoxy) is 3. The standard InChI is InChI=1S/C44H49ClF2N8O4.C2H4O2/c1-53(27-10-6-5-7-11-27)23-26-18-34-41(48-21-26)43(52-44(51-34)42(46)47)50-33-14-8-13-30(40(33)45)29-12-9-15-35-31(29)22-49-55(35)28-19-38(57-3)32(39(20-28)58-4)24-54(2)36-16-17-59-25-37(36)56;1-2(3)4/h8-9,12-15,18-22,27,36-37,42,56H,5-7,10-11,16-17,23-25H2,1-4H3,(H,50,51,52);1H3,(H,3,4). The van der Waals surface area contributed by atoms with E-state index in [2.05, 4.69) is 37.1 Å². The van der Waals surface area contributed by atoms with Crippen LogP contribution in [0.1, 0.15) is 68.8 Å². The molecule has 0 amide bonds. The second-order valence-corrected chi connectivity index (χ2v) is 16.4. The summed E-state index contributed by atoms with van der Waals surface area (Å²) in [5.41, 5.74) is 6.00. The summed E-state index contributed by atoms with van der Waals surface area (Å²) in [4.78, 5) is 26.5. The Morgan fingerprint density at radius 1 is 0.968 bits per heavy atom. The van der Waals surface area contributed by atoms with Crippen LogP contribution in [0.4, 0.5) is 20.3 Å². The van der Waals surface area contributed by atoms with E-state index in [0.29, 0.717) is 71.2 Å². The van der Waals surface area contributed by atoms with E-state index in [1.165, 1.54) is 19.3 Å². The number of hydrogen-bond acceptors (Lipinski definition) is 12. The van der Waals surface area contributed by atoms with Crippen molar-refractivity contribution in [2.24, 2.45) is 0 Å². The number of halogens is 3. The lowest BCUT2D eigenvalue weighted by atomic mass is 9.94. The molecule has 8 rings (SSSR count). The van der Waals surface area contributed by atoms with Crippen LogP contribution >= 0.6 is 11.6 Å². The molecular weight excluding hydrogens is 834 g/mol. The molecule has 3 N–H and O–H groups in total. The van der Waals surface area contributed by atoms with E-state index >= 15 is 0 Å². The van der Waals surface area contributed by atoms with E-state index in [1.54, 1.807) is 32.7 Å². The second-order valence-electron chi connectivity index (χ2n) is 16.0. The number of carboxylic acid groups (broad SMARTS) is 1. The number of pyridine rings is 1. The molecule has 63 heavy (non-hydrogen) atoms. The summed E-state index contributed by atoms with van der Waals surface area (Å²) in [7, 11) is 7.32. The minimum absolute atomic E-state index is 0.0601. The SMILES string of the molecule is CC(=O)O.COc1cc(-n2ncc3c(-c4cccc(Nc5nc(C(F)F)nc6cc(CN(C)C7CCCCC7)cnc56)c4Cl)cccc32)cc(OC)c1CN(C)C1CCOCC1O. The van der Waals surface area contributed by atoms with Gasteiger partial charge < -0.3 is 29.7 Å². The number of aliphatic hydroxyl groups is 1. The Bertz CT molecular complexity index is 2530. The molecule has 3 aromatic carbocycles. The number of likely N-dealkylation sites (N-methyl/N-ethyl adjacent to an activating group) is 1. The van der Waals surface area contributed by atoms with Gasteiger partial charge >= 0.3 is 0 Å². The lowest BCUT2D eigenvalue weighted by Crippen LogP contribution is -2.47. The van der Waals surface area contributed by atoms with Crippen LogP contribution in [0.5, 0.6) is 11.5 Å². The molecule has 0 spiro atoms. The molecule has 1 aliphatic carbocycles. The maximum absolute atomic E-state index is 14.2. The average Bonchev–Trinajstić information content (AvgIpc) is 3.72. The Kier molecular flexibility index (Phi) is 14.7. The first-order valence-corrected chi connectivity index (χ1v) is 21.3. The van der Waals surface area contributed by atoms with Crippen LogP contribution < -0.4 is 14.8 Å². The second kappa shape index (κ2) is 20.3. The van der Waals surface area contributed by atoms with E-state index < -0.39 is 24.3 Å². The fraction of sp³-hybridized carbons (Fsp3) is 0.413. The predicted octanol–water partition coefficient (Wildman–Crippen LogP) is 8.82. The first-order chi connectivity index (χ1) is 30.4. The van der Waals surface area contributed by atoms with Crippen molar-refractivity contribution < 1.29 is 38.0 Å². The first kappa shape index (κ1) is 45.5. The van der Waals surface area contributed by atoms with Gasteiger partial charge in [-0.25, -0.2) is 23.4 Å². The number of nitrogens with zero attached hydrogens (tertiary/aromatic N) is 7. The zero-order valence-corrected chi connectivity index (χ0v) is 36.8. The molecule has 2 fully saturated rings. The maximum Gasteiger partial charge on any atom is 0.300 e. The molecule has 2 unspecified atom stereocenters. The van der Waals surface area contributed by atoms with Gasteiger partial charge in [-0.2, -0.15) is 5.10 Å². The van der Waals surface area contributed by atoms with E-state index in [4.69, 9.17) is 40.8 Å².